The molecule has 3 fully saturated rings. The van der Waals surface area contributed by atoms with Crippen LogP contribution in [-0.4, -0.2) is 121 Å². The highest BCUT2D eigenvalue weighted by Crippen LogP contribution is 2.27. The number of aliphatic hydroxyl groups is 1. The van der Waals surface area contributed by atoms with E-state index < -0.39 is 36.4 Å². The van der Waals surface area contributed by atoms with E-state index in [9.17, 15) is 19.2 Å². The third-order valence-corrected chi connectivity index (χ3v) is 7.60. The second-order valence-electron chi connectivity index (χ2n) is 9.62. The second kappa shape index (κ2) is 13.2. The normalized spacial score (nSPS) is 19.0. The van der Waals surface area contributed by atoms with Crippen molar-refractivity contribution in [2.45, 2.75) is 43.9 Å². The summed E-state index contributed by atoms with van der Waals surface area (Å²) in [5.74, 6) is -2.34. The summed E-state index contributed by atoms with van der Waals surface area (Å²) in [7, 11) is 0. The number of carbonyl (C=O) groups is 4. The van der Waals surface area contributed by atoms with Gasteiger partial charge < -0.3 is 25.3 Å². The van der Waals surface area contributed by atoms with E-state index in [4.69, 9.17) is 20.4 Å². The van der Waals surface area contributed by atoms with Crippen LogP contribution in [0.5, 0.6) is 0 Å². The van der Waals surface area contributed by atoms with Crippen LogP contribution in [0.1, 0.15) is 41.6 Å². The van der Waals surface area contributed by atoms with Crippen LogP contribution in [0.4, 0.5) is 0 Å². The fourth-order valence-corrected chi connectivity index (χ4v) is 5.38. The van der Waals surface area contributed by atoms with Crippen molar-refractivity contribution in [2.75, 3.05) is 50.8 Å². The van der Waals surface area contributed by atoms with Crippen LogP contribution in [0.3, 0.4) is 0 Å². The molecule has 2 heterocycles. The van der Waals surface area contributed by atoms with Crippen LogP contribution in [0, 0.1) is 0 Å². The van der Waals surface area contributed by atoms with Gasteiger partial charge in [-0.25, -0.2) is 4.79 Å². The summed E-state index contributed by atoms with van der Waals surface area (Å²) in [4.78, 5) is 50.2. The van der Waals surface area contributed by atoms with E-state index in [0.717, 1.165) is 44.3 Å². The zero-order chi connectivity index (χ0) is 27.0. The van der Waals surface area contributed by atoms with Crippen molar-refractivity contribution in [2.24, 2.45) is 0 Å². The summed E-state index contributed by atoms with van der Waals surface area (Å²) in [6.07, 6.45) is 0.416. The first-order valence-electron chi connectivity index (χ1n) is 12.4. The largest absolute Gasteiger partial charge is 0.481 e. The SMILES string of the molecule is O=C(O)CC(O)(CC(=O)O)C(=O)O.O=C(c1ccc(CN2CCSCC2)cc1)N1CCN(C2CC2)CC1. The fraction of sp³-hybridized carbons (Fsp3) is 0.600. The summed E-state index contributed by atoms with van der Waals surface area (Å²) in [6, 6.07) is 9.12. The lowest BCUT2D eigenvalue weighted by atomic mass is 9.96. The molecule has 37 heavy (non-hydrogen) atoms. The molecule has 1 aromatic carbocycles. The van der Waals surface area contributed by atoms with E-state index in [1.165, 1.54) is 43.0 Å². The first kappa shape index (κ1) is 28.9. The van der Waals surface area contributed by atoms with E-state index >= 15 is 0 Å². The lowest BCUT2D eigenvalue weighted by Gasteiger charge is -2.34. The average molecular weight is 538 g/mol. The van der Waals surface area contributed by atoms with Gasteiger partial charge in [0.05, 0.1) is 12.8 Å². The monoisotopic (exact) mass is 537 g/mol. The zero-order valence-corrected chi connectivity index (χ0v) is 21.6. The number of rotatable bonds is 9. The van der Waals surface area contributed by atoms with Gasteiger partial charge in [0, 0.05) is 68.9 Å². The van der Waals surface area contributed by atoms with Gasteiger partial charge in [0.15, 0.2) is 5.60 Å². The first-order valence-corrected chi connectivity index (χ1v) is 13.5. The quantitative estimate of drug-likeness (QED) is 0.355. The molecule has 4 N–H and O–H groups in total. The number of aliphatic carboxylic acids is 3. The van der Waals surface area contributed by atoms with Gasteiger partial charge in [-0.2, -0.15) is 11.8 Å². The average Bonchev–Trinajstić information content (AvgIpc) is 3.70. The predicted molar refractivity (Wildman–Crippen MR) is 137 cm³/mol. The van der Waals surface area contributed by atoms with Crippen LogP contribution < -0.4 is 0 Å². The Morgan fingerprint density at radius 1 is 0.838 bits per heavy atom. The molecule has 4 rings (SSSR count). The highest BCUT2D eigenvalue weighted by molar-refractivity contribution is 7.99. The molecule has 0 bridgehead atoms. The number of piperazine rings is 1. The Hall–Kier alpha value is -2.67. The Morgan fingerprint density at radius 3 is 1.84 bits per heavy atom. The number of carboxylic acids is 3. The maximum Gasteiger partial charge on any atom is 0.336 e. The molecule has 0 unspecified atom stereocenters. The molecule has 1 saturated carbocycles. The van der Waals surface area contributed by atoms with Crippen LogP contribution >= 0.6 is 11.8 Å². The van der Waals surface area contributed by atoms with Gasteiger partial charge in [-0.15, -0.1) is 0 Å². The molecule has 2 saturated heterocycles. The smallest absolute Gasteiger partial charge is 0.336 e. The van der Waals surface area contributed by atoms with Gasteiger partial charge in [-0.1, -0.05) is 12.1 Å². The molecule has 0 spiro atoms. The Labute approximate surface area is 220 Å². The van der Waals surface area contributed by atoms with Crippen molar-refractivity contribution >= 4 is 35.6 Å². The third-order valence-electron chi connectivity index (χ3n) is 6.66. The minimum atomic E-state index is -2.74. The van der Waals surface area contributed by atoms with Crippen molar-refractivity contribution in [3.05, 3.63) is 35.4 Å². The number of carboxylic acid groups (broad SMARTS) is 3. The van der Waals surface area contributed by atoms with Crippen molar-refractivity contribution in [3.63, 3.8) is 0 Å². The van der Waals surface area contributed by atoms with Crippen LogP contribution in [0.25, 0.3) is 0 Å². The minimum absolute atomic E-state index is 0.200. The van der Waals surface area contributed by atoms with E-state index in [1.807, 2.05) is 28.8 Å². The highest BCUT2D eigenvalue weighted by atomic mass is 32.2. The summed E-state index contributed by atoms with van der Waals surface area (Å²) in [5.41, 5.74) is -0.581. The van der Waals surface area contributed by atoms with Crippen LogP contribution in [0.2, 0.25) is 0 Å². The highest BCUT2D eigenvalue weighted by Gasteiger charge is 2.40. The van der Waals surface area contributed by atoms with Crippen molar-refractivity contribution in [1.29, 1.82) is 0 Å². The maximum absolute atomic E-state index is 12.7. The molecular formula is C25H35N3O8S. The number of thioether (sulfide) groups is 1. The molecule has 204 valence electrons. The lowest BCUT2D eigenvalue weighted by Crippen LogP contribution is -2.49. The van der Waals surface area contributed by atoms with Gasteiger partial charge >= 0.3 is 17.9 Å². The Bertz CT molecular complexity index is 939. The molecule has 0 aromatic heterocycles. The van der Waals surface area contributed by atoms with E-state index in [1.54, 1.807) is 0 Å². The van der Waals surface area contributed by atoms with Crippen LogP contribution in [0.15, 0.2) is 24.3 Å². The summed E-state index contributed by atoms with van der Waals surface area (Å²) in [5, 5.41) is 33.8. The van der Waals surface area contributed by atoms with Gasteiger partial charge in [0.25, 0.3) is 5.91 Å². The van der Waals surface area contributed by atoms with E-state index in [0.29, 0.717) is 0 Å². The Balaban J connectivity index is 0.000000251. The molecular weight excluding hydrogens is 502 g/mol. The van der Waals surface area contributed by atoms with Gasteiger partial charge in [-0.3, -0.25) is 24.2 Å². The molecule has 11 nitrogen and oxygen atoms in total. The van der Waals surface area contributed by atoms with Crippen LogP contribution in [-0.2, 0) is 20.9 Å². The molecule has 1 aliphatic carbocycles. The number of amides is 1. The molecule has 2 aliphatic heterocycles. The summed E-state index contributed by atoms with van der Waals surface area (Å²) in [6.45, 7) is 7.20. The summed E-state index contributed by atoms with van der Waals surface area (Å²) < 4.78 is 0. The van der Waals surface area contributed by atoms with Crippen molar-refractivity contribution in [1.82, 2.24) is 14.7 Å². The molecule has 12 heteroatoms. The van der Waals surface area contributed by atoms with Gasteiger partial charge in [0.1, 0.15) is 0 Å². The third kappa shape index (κ3) is 8.99. The summed E-state index contributed by atoms with van der Waals surface area (Å²) >= 11 is 2.04. The van der Waals surface area contributed by atoms with Crippen molar-refractivity contribution in [3.8, 4) is 0 Å². The minimum Gasteiger partial charge on any atom is -0.481 e. The lowest BCUT2D eigenvalue weighted by molar-refractivity contribution is -0.170. The number of nitrogens with zero attached hydrogens (tertiary/aromatic N) is 3. The number of benzene rings is 1. The number of hydrogen-bond acceptors (Lipinski definition) is 8. The van der Waals surface area contributed by atoms with E-state index in [-0.39, 0.29) is 5.91 Å². The predicted octanol–water partition coefficient (Wildman–Crippen LogP) is 0.907. The maximum atomic E-state index is 12.7. The van der Waals surface area contributed by atoms with Gasteiger partial charge in [0.2, 0.25) is 0 Å². The molecule has 0 atom stereocenters. The molecule has 1 amide bonds. The standard InChI is InChI=1S/C19H27N3OS.C6H8O7/c23-19(22-9-7-21(8-10-22)18-5-6-18)17-3-1-16(2-4-17)15-20-11-13-24-14-12-20;7-3(8)1-6(13,5(11)12)2-4(9)10/h1-4,18H,5-15H2;13H,1-2H2,(H,7,8)(H,9,10)(H,11,12). The first-order chi connectivity index (χ1) is 17.6. The molecule has 0 radical (unpaired) electrons. The van der Waals surface area contributed by atoms with Crippen molar-refractivity contribution < 1.29 is 39.6 Å². The molecule has 3 aliphatic rings. The van der Waals surface area contributed by atoms with E-state index in [2.05, 4.69) is 21.9 Å². The van der Waals surface area contributed by atoms with Gasteiger partial charge in [-0.05, 0) is 30.5 Å². The second-order valence-corrected chi connectivity index (χ2v) is 10.8. The fourth-order valence-electron chi connectivity index (χ4n) is 4.40. The number of hydrogen-bond donors (Lipinski definition) is 4. The zero-order valence-electron chi connectivity index (χ0n) is 20.8. The number of carbonyl (C=O) groups excluding carboxylic acids is 1. The molecule has 1 aromatic rings. The Kier molecular flexibility index (Phi) is 10.3. The Morgan fingerprint density at radius 2 is 1.38 bits per heavy atom. The topological polar surface area (TPSA) is 159 Å².